The number of nitro benzene ring substituents is 1. The smallest absolute Gasteiger partial charge is 0.330 e. The molecule has 25 heavy (non-hydrogen) atoms. The molecule has 3 rings (SSSR count). The van der Waals surface area contributed by atoms with Gasteiger partial charge in [0.1, 0.15) is 12.6 Å². The standard InChI is InChI=1S/C17H20N2O5S/c1-9(2)13-15(20)18-14(10(3)25-16(13)18)17(21)24-8-11-4-6-12(7-5-11)19(22)23/h4-7,9-10,13-14,16H,8H2,1-3H3. The molecule has 1 aromatic carbocycles. The number of hydrogen-bond acceptors (Lipinski definition) is 6. The van der Waals surface area contributed by atoms with Gasteiger partial charge in [-0.2, -0.15) is 0 Å². The van der Waals surface area contributed by atoms with Crippen molar-refractivity contribution in [3.63, 3.8) is 0 Å². The Labute approximate surface area is 149 Å². The summed E-state index contributed by atoms with van der Waals surface area (Å²) >= 11 is 1.65. The van der Waals surface area contributed by atoms with E-state index in [-0.39, 0.29) is 40.7 Å². The van der Waals surface area contributed by atoms with E-state index in [1.165, 1.54) is 12.1 Å². The number of thioether (sulfide) groups is 1. The van der Waals surface area contributed by atoms with E-state index in [0.717, 1.165) is 0 Å². The molecule has 2 fully saturated rings. The molecule has 0 spiro atoms. The SMILES string of the molecule is CC(C)C1C(=O)N2C1SC(C)C2C(=O)OCc1ccc([N+](=O)[O-])cc1. The van der Waals surface area contributed by atoms with Crippen molar-refractivity contribution < 1.29 is 19.2 Å². The lowest BCUT2D eigenvalue weighted by atomic mass is 9.85. The monoisotopic (exact) mass is 364 g/mol. The van der Waals surface area contributed by atoms with Crippen LogP contribution in [0.2, 0.25) is 0 Å². The normalized spacial score (nSPS) is 27.8. The number of β-lactam (4-membered cyclic amide) rings is 1. The van der Waals surface area contributed by atoms with Gasteiger partial charge in [0.25, 0.3) is 5.69 Å². The predicted molar refractivity (Wildman–Crippen MR) is 92.7 cm³/mol. The minimum Gasteiger partial charge on any atom is -0.459 e. The minimum atomic E-state index is -0.560. The molecule has 4 atom stereocenters. The second-order valence-electron chi connectivity index (χ2n) is 6.72. The molecule has 2 aliphatic heterocycles. The molecule has 2 aliphatic rings. The molecule has 0 radical (unpaired) electrons. The van der Waals surface area contributed by atoms with Gasteiger partial charge >= 0.3 is 5.97 Å². The van der Waals surface area contributed by atoms with E-state index in [9.17, 15) is 19.7 Å². The second kappa shape index (κ2) is 6.67. The van der Waals surface area contributed by atoms with Crippen LogP contribution in [-0.2, 0) is 20.9 Å². The highest BCUT2D eigenvalue weighted by Gasteiger charge is 2.60. The molecule has 2 saturated heterocycles. The van der Waals surface area contributed by atoms with Crippen LogP contribution in [0.3, 0.4) is 0 Å². The Morgan fingerprint density at radius 2 is 2.00 bits per heavy atom. The predicted octanol–water partition coefficient (Wildman–Crippen LogP) is 2.58. The van der Waals surface area contributed by atoms with Crippen LogP contribution in [0.1, 0.15) is 26.3 Å². The molecule has 2 heterocycles. The number of benzene rings is 1. The first-order valence-corrected chi connectivity index (χ1v) is 9.13. The summed E-state index contributed by atoms with van der Waals surface area (Å²) in [5.41, 5.74) is 0.661. The Bertz CT molecular complexity index is 705. The molecule has 0 saturated carbocycles. The van der Waals surface area contributed by atoms with E-state index in [1.807, 2.05) is 20.8 Å². The van der Waals surface area contributed by atoms with Gasteiger partial charge in [-0.05, 0) is 23.6 Å². The van der Waals surface area contributed by atoms with Gasteiger partial charge in [0.05, 0.1) is 16.2 Å². The van der Waals surface area contributed by atoms with Gasteiger partial charge in [0.15, 0.2) is 0 Å². The molecule has 0 aromatic heterocycles. The first-order valence-electron chi connectivity index (χ1n) is 8.19. The van der Waals surface area contributed by atoms with E-state index in [0.29, 0.717) is 5.56 Å². The Morgan fingerprint density at radius 1 is 1.36 bits per heavy atom. The second-order valence-corrected chi connectivity index (χ2v) is 8.22. The average Bonchev–Trinajstić information content (AvgIpc) is 2.85. The van der Waals surface area contributed by atoms with E-state index >= 15 is 0 Å². The van der Waals surface area contributed by atoms with Gasteiger partial charge in [-0.25, -0.2) is 4.79 Å². The van der Waals surface area contributed by atoms with Crippen molar-refractivity contribution in [3.05, 3.63) is 39.9 Å². The fourth-order valence-electron chi connectivity index (χ4n) is 3.35. The van der Waals surface area contributed by atoms with Crippen LogP contribution >= 0.6 is 11.8 Å². The van der Waals surface area contributed by atoms with Gasteiger partial charge in [0.2, 0.25) is 5.91 Å². The number of rotatable bonds is 5. The van der Waals surface area contributed by atoms with Crippen LogP contribution in [-0.4, -0.2) is 38.4 Å². The highest BCUT2D eigenvalue weighted by molar-refractivity contribution is 8.01. The molecule has 0 aliphatic carbocycles. The summed E-state index contributed by atoms with van der Waals surface area (Å²) in [7, 11) is 0. The van der Waals surface area contributed by atoms with Crippen molar-refractivity contribution in [1.29, 1.82) is 0 Å². The molecule has 0 bridgehead atoms. The van der Waals surface area contributed by atoms with E-state index in [2.05, 4.69) is 0 Å². The molecule has 134 valence electrons. The molecule has 1 aromatic rings. The number of nitro groups is 1. The number of hydrogen-bond donors (Lipinski definition) is 0. The fraction of sp³-hybridized carbons (Fsp3) is 0.529. The highest BCUT2D eigenvalue weighted by Crippen LogP contribution is 2.50. The summed E-state index contributed by atoms with van der Waals surface area (Å²) in [6.07, 6.45) is 0. The third-order valence-electron chi connectivity index (χ3n) is 4.71. The molecule has 0 N–H and O–H groups in total. The van der Waals surface area contributed by atoms with Crippen molar-refractivity contribution >= 4 is 29.3 Å². The first-order chi connectivity index (χ1) is 11.8. The lowest BCUT2D eigenvalue weighted by Crippen LogP contribution is -2.63. The summed E-state index contributed by atoms with van der Waals surface area (Å²) < 4.78 is 5.36. The molecule has 4 unspecified atom stereocenters. The van der Waals surface area contributed by atoms with Crippen LogP contribution in [0.25, 0.3) is 0 Å². The highest BCUT2D eigenvalue weighted by atomic mass is 32.2. The Balaban J connectivity index is 1.62. The van der Waals surface area contributed by atoms with Gasteiger partial charge in [-0.3, -0.25) is 14.9 Å². The van der Waals surface area contributed by atoms with E-state index in [1.54, 1.807) is 28.8 Å². The number of carbonyl (C=O) groups excluding carboxylic acids is 2. The van der Waals surface area contributed by atoms with Crippen LogP contribution < -0.4 is 0 Å². The molecule has 7 nitrogen and oxygen atoms in total. The number of esters is 1. The zero-order valence-corrected chi connectivity index (χ0v) is 15.1. The van der Waals surface area contributed by atoms with Crippen LogP contribution in [0.4, 0.5) is 5.69 Å². The van der Waals surface area contributed by atoms with Gasteiger partial charge < -0.3 is 9.64 Å². The van der Waals surface area contributed by atoms with Crippen molar-refractivity contribution in [2.24, 2.45) is 11.8 Å². The lowest BCUT2D eigenvalue weighted by Gasteiger charge is -2.45. The molecule has 8 heteroatoms. The number of amides is 1. The lowest BCUT2D eigenvalue weighted by molar-refractivity contribution is -0.384. The van der Waals surface area contributed by atoms with Crippen LogP contribution in [0.5, 0.6) is 0 Å². The number of carbonyl (C=O) groups is 2. The summed E-state index contributed by atoms with van der Waals surface area (Å²) in [5.74, 6) is -0.172. The summed E-state index contributed by atoms with van der Waals surface area (Å²) in [5, 5.41) is 10.7. The first kappa shape index (κ1) is 17.7. The van der Waals surface area contributed by atoms with Crippen molar-refractivity contribution in [3.8, 4) is 0 Å². The third kappa shape index (κ3) is 3.10. The summed E-state index contributed by atoms with van der Waals surface area (Å²) in [6, 6.07) is 5.31. The zero-order chi connectivity index (χ0) is 18.3. The van der Waals surface area contributed by atoms with Crippen molar-refractivity contribution in [1.82, 2.24) is 4.90 Å². The van der Waals surface area contributed by atoms with Gasteiger partial charge in [-0.15, -0.1) is 11.8 Å². The van der Waals surface area contributed by atoms with Crippen LogP contribution in [0, 0.1) is 22.0 Å². The number of ether oxygens (including phenoxy) is 1. The van der Waals surface area contributed by atoms with Gasteiger partial charge in [-0.1, -0.05) is 20.8 Å². The largest absolute Gasteiger partial charge is 0.459 e. The Kier molecular flexibility index (Phi) is 4.73. The maximum atomic E-state index is 12.5. The number of nitrogens with zero attached hydrogens (tertiary/aromatic N) is 2. The zero-order valence-electron chi connectivity index (χ0n) is 14.2. The Hall–Kier alpha value is -2.09. The number of fused-ring (bicyclic) bond motifs is 1. The average molecular weight is 364 g/mol. The van der Waals surface area contributed by atoms with Gasteiger partial charge in [0, 0.05) is 17.4 Å². The van der Waals surface area contributed by atoms with Crippen LogP contribution in [0.15, 0.2) is 24.3 Å². The van der Waals surface area contributed by atoms with E-state index in [4.69, 9.17) is 4.74 Å². The number of non-ortho nitro benzene ring substituents is 1. The van der Waals surface area contributed by atoms with Crippen molar-refractivity contribution in [2.75, 3.05) is 0 Å². The Morgan fingerprint density at radius 3 is 2.56 bits per heavy atom. The summed E-state index contributed by atoms with van der Waals surface area (Å²) in [4.78, 5) is 36.7. The van der Waals surface area contributed by atoms with E-state index < -0.39 is 16.9 Å². The topological polar surface area (TPSA) is 89.8 Å². The maximum Gasteiger partial charge on any atom is 0.330 e. The molecular formula is C17H20N2O5S. The van der Waals surface area contributed by atoms with Crippen molar-refractivity contribution in [2.45, 2.75) is 44.0 Å². The summed E-state index contributed by atoms with van der Waals surface area (Å²) in [6.45, 7) is 6.01. The molecular weight excluding hydrogens is 344 g/mol. The quantitative estimate of drug-likeness (QED) is 0.345. The maximum absolute atomic E-state index is 12.5. The molecule has 1 amide bonds. The minimum absolute atomic E-state index is 0.00960. The third-order valence-corrected chi connectivity index (χ3v) is 6.19. The fourth-order valence-corrected chi connectivity index (χ4v) is 5.15.